The molecule has 3 aromatic rings. The van der Waals surface area contributed by atoms with Crippen LogP contribution in [0, 0.1) is 5.92 Å². The molecule has 0 radical (unpaired) electrons. The lowest BCUT2D eigenvalue weighted by molar-refractivity contribution is -0.139. The minimum absolute atomic E-state index is 0.0242. The second-order valence-electron chi connectivity index (χ2n) is 11.7. The summed E-state index contributed by atoms with van der Waals surface area (Å²) in [7, 11) is 5.20. The first kappa shape index (κ1) is 28.9. The molecule has 1 aliphatic carbocycles. The predicted octanol–water partition coefficient (Wildman–Crippen LogP) is 2.28. The number of carbonyl (C=O) groups excluding carboxylic acids is 2. The molecule has 43 heavy (non-hydrogen) atoms. The highest BCUT2D eigenvalue weighted by Crippen LogP contribution is 2.34. The number of carbonyl (C=O) groups is 2. The largest absolute Gasteiger partial charge is 0.497 e. The number of hydrogen-bond donors (Lipinski definition) is 2. The number of nitrogens with one attached hydrogen (secondary N) is 2. The van der Waals surface area contributed by atoms with Crippen LogP contribution >= 0.6 is 0 Å². The second kappa shape index (κ2) is 12.5. The Labute approximate surface area is 251 Å². The van der Waals surface area contributed by atoms with E-state index < -0.39 is 6.04 Å². The standard InChI is InChI=1S/C32H39N7O4/c1-38-28-9-6-21(13-26(28)36-37-38)16-35-31(40)29-14-22(12-20-4-7-24(42-2)8-5-20)19-39(29)32(41)27-15-23(17-34-27)25-18-33-11-10-30(25)43-3/h4-5,7-8,10-11,13,18,22-23,27,29,34H,6,9,12,14-17,19H2,1-3H3,(H,35,40). The third-order valence-corrected chi connectivity index (χ3v) is 9.04. The molecule has 6 rings (SSSR count). The molecule has 0 saturated carbocycles. The van der Waals surface area contributed by atoms with Crippen LogP contribution in [0.3, 0.4) is 0 Å². The maximum absolute atomic E-state index is 14.0. The molecule has 226 valence electrons. The van der Waals surface area contributed by atoms with Crippen molar-refractivity contribution in [3.8, 4) is 11.5 Å². The Morgan fingerprint density at radius 3 is 2.72 bits per heavy atom. The quantitative estimate of drug-likeness (QED) is 0.392. The molecule has 4 unspecified atom stereocenters. The van der Waals surface area contributed by atoms with Crippen molar-refractivity contribution in [1.82, 2.24) is 35.5 Å². The van der Waals surface area contributed by atoms with E-state index in [1.807, 2.05) is 37.5 Å². The molecule has 2 fully saturated rings. The molecule has 0 spiro atoms. The topological polar surface area (TPSA) is 124 Å². The summed E-state index contributed by atoms with van der Waals surface area (Å²) >= 11 is 0. The molecule has 11 nitrogen and oxygen atoms in total. The fourth-order valence-corrected chi connectivity index (χ4v) is 6.70. The van der Waals surface area contributed by atoms with Crippen molar-refractivity contribution in [2.24, 2.45) is 13.0 Å². The maximum atomic E-state index is 14.0. The van der Waals surface area contributed by atoms with Crippen LogP contribution in [0.15, 0.2) is 48.3 Å². The number of ether oxygens (including phenoxy) is 2. The lowest BCUT2D eigenvalue weighted by atomic mass is 9.96. The second-order valence-corrected chi connectivity index (χ2v) is 11.7. The van der Waals surface area contributed by atoms with Crippen molar-refractivity contribution in [3.63, 3.8) is 0 Å². The fourth-order valence-electron chi connectivity index (χ4n) is 6.70. The molecule has 1 aromatic carbocycles. The van der Waals surface area contributed by atoms with Crippen molar-refractivity contribution >= 4 is 17.9 Å². The number of aryl methyl sites for hydroxylation is 1. The Bertz CT molecular complexity index is 1500. The van der Waals surface area contributed by atoms with E-state index >= 15 is 0 Å². The van der Waals surface area contributed by atoms with E-state index in [2.05, 4.69) is 38.1 Å². The van der Waals surface area contributed by atoms with Gasteiger partial charge in [-0.1, -0.05) is 17.3 Å². The smallest absolute Gasteiger partial charge is 0.243 e. The Morgan fingerprint density at radius 2 is 1.93 bits per heavy atom. The van der Waals surface area contributed by atoms with Crippen LogP contribution in [0.4, 0.5) is 0 Å². The number of fused-ring (bicyclic) bond motifs is 1. The van der Waals surface area contributed by atoms with Gasteiger partial charge in [0.05, 0.1) is 26.0 Å². The number of methoxy groups -OCH3 is 2. The van der Waals surface area contributed by atoms with Gasteiger partial charge in [0.2, 0.25) is 11.8 Å². The highest BCUT2D eigenvalue weighted by atomic mass is 16.5. The zero-order valence-electron chi connectivity index (χ0n) is 25.0. The lowest BCUT2D eigenvalue weighted by Gasteiger charge is -2.27. The van der Waals surface area contributed by atoms with Crippen LogP contribution in [0.25, 0.3) is 6.08 Å². The van der Waals surface area contributed by atoms with E-state index in [-0.39, 0.29) is 29.7 Å². The van der Waals surface area contributed by atoms with Crippen LogP contribution in [0.2, 0.25) is 0 Å². The zero-order valence-corrected chi connectivity index (χ0v) is 25.0. The number of nitrogens with zero attached hydrogens (tertiary/aromatic N) is 5. The van der Waals surface area contributed by atoms with Crippen molar-refractivity contribution in [2.75, 3.05) is 33.9 Å². The first-order valence-corrected chi connectivity index (χ1v) is 14.9. The number of rotatable bonds is 9. The van der Waals surface area contributed by atoms with Gasteiger partial charge in [-0.15, -0.1) is 5.10 Å². The Hall–Kier alpha value is -4.25. The third kappa shape index (κ3) is 6.13. The van der Waals surface area contributed by atoms with Crippen LogP contribution in [0.1, 0.15) is 47.7 Å². The summed E-state index contributed by atoms with van der Waals surface area (Å²) in [5.74, 6) is 1.72. The molecule has 2 N–H and O–H groups in total. The summed E-state index contributed by atoms with van der Waals surface area (Å²) < 4.78 is 12.7. The van der Waals surface area contributed by atoms with E-state index in [0.29, 0.717) is 32.5 Å². The van der Waals surface area contributed by atoms with Gasteiger partial charge in [0.25, 0.3) is 0 Å². The normalized spacial score (nSPS) is 23.0. The average Bonchev–Trinajstić information content (AvgIpc) is 3.79. The number of amides is 2. The highest BCUT2D eigenvalue weighted by Gasteiger charge is 2.43. The lowest BCUT2D eigenvalue weighted by Crippen LogP contribution is -2.51. The van der Waals surface area contributed by atoms with Crippen LogP contribution in [-0.4, -0.2) is 82.6 Å². The highest BCUT2D eigenvalue weighted by molar-refractivity contribution is 5.91. The maximum Gasteiger partial charge on any atom is 0.243 e. The van der Waals surface area contributed by atoms with Crippen LogP contribution in [-0.2, 0) is 29.5 Å². The number of aromatic nitrogens is 4. The molecule has 4 atom stereocenters. The SMILES string of the molecule is COc1ccc(CC2CC(C(=O)NCC3=Cc4nnn(C)c4CC3)N(C(=O)C3CC(c4cnccc4OC)CN3)C2)cc1. The number of pyridine rings is 1. The summed E-state index contributed by atoms with van der Waals surface area (Å²) in [5, 5.41) is 14.9. The van der Waals surface area contributed by atoms with E-state index in [1.54, 1.807) is 30.0 Å². The summed E-state index contributed by atoms with van der Waals surface area (Å²) in [6.07, 6.45) is 9.25. The van der Waals surface area contributed by atoms with Crippen LogP contribution < -0.4 is 20.1 Å². The third-order valence-electron chi connectivity index (χ3n) is 9.04. The zero-order chi connectivity index (χ0) is 29.9. The Kier molecular flexibility index (Phi) is 8.42. The van der Waals surface area contributed by atoms with Crippen molar-refractivity contribution in [1.29, 1.82) is 0 Å². The molecule has 2 aliphatic heterocycles. The summed E-state index contributed by atoms with van der Waals surface area (Å²) in [4.78, 5) is 33.8. The van der Waals surface area contributed by atoms with Gasteiger partial charge in [-0.05, 0) is 73.4 Å². The fraction of sp³-hybridized carbons (Fsp3) is 0.469. The minimum Gasteiger partial charge on any atom is -0.497 e. The molecular formula is C32H39N7O4. The van der Waals surface area contributed by atoms with Crippen molar-refractivity contribution in [3.05, 3.63) is 70.8 Å². The molecule has 2 aromatic heterocycles. The molecule has 4 heterocycles. The first-order valence-electron chi connectivity index (χ1n) is 14.9. The van der Waals surface area contributed by atoms with Crippen molar-refractivity contribution in [2.45, 2.75) is 50.1 Å². The summed E-state index contributed by atoms with van der Waals surface area (Å²) in [5.41, 5.74) is 5.23. The number of likely N-dealkylation sites (tertiary alicyclic amines) is 1. The van der Waals surface area contributed by atoms with Crippen LogP contribution in [0.5, 0.6) is 11.5 Å². The van der Waals surface area contributed by atoms with Gasteiger partial charge in [0.15, 0.2) is 0 Å². The molecule has 2 saturated heterocycles. The minimum atomic E-state index is -0.527. The van der Waals surface area contributed by atoms with Gasteiger partial charge >= 0.3 is 0 Å². The van der Waals surface area contributed by atoms with E-state index in [0.717, 1.165) is 58.8 Å². The summed E-state index contributed by atoms with van der Waals surface area (Å²) in [6, 6.07) is 8.96. The van der Waals surface area contributed by atoms with E-state index in [9.17, 15) is 9.59 Å². The van der Waals surface area contributed by atoms with Gasteiger partial charge in [0, 0.05) is 50.6 Å². The van der Waals surface area contributed by atoms with Gasteiger partial charge in [-0.25, -0.2) is 0 Å². The molecular weight excluding hydrogens is 546 g/mol. The number of hydrogen-bond acceptors (Lipinski definition) is 8. The number of benzene rings is 1. The predicted molar refractivity (Wildman–Crippen MR) is 161 cm³/mol. The Balaban J connectivity index is 1.16. The molecule has 3 aliphatic rings. The van der Waals surface area contributed by atoms with Gasteiger partial charge in [0.1, 0.15) is 23.2 Å². The van der Waals surface area contributed by atoms with E-state index in [4.69, 9.17) is 9.47 Å². The van der Waals surface area contributed by atoms with Gasteiger partial charge in [-0.2, -0.15) is 0 Å². The van der Waals surface area contributed by atoms with Gasteiger partial charge in [-0.3, -0.25) is 19.3 Å². The monoisotopic (exact) mass is 585 g/mol. The average molecular weight is 586 g/mol. The molecule has 2 amide bonds. The van der Waals surface area contributed by atoms with E-state index in [1.165, 1.54) is 0 Å². The molecule has 0 bridgehead atoms. The first-order chi connectivity index (χ1) is 20.9. The Morgan fingerprint density at radius 1 is 1.09 bits per heavy atom. The molecule has 11 heteroatoms. The van der Waals surface area contributed by atoms with Gasteiger partial charge < -0.3 is 25.0 Å². The van der Waals surface area contributed by atoms with Crippen molar-refractivity contribution < 1.29 is 19.1 Å². The summed E-state index contributed by atoms with van der Waals surface area (Å²) in [6.45, 7) is 1.62.